The van der Waals surface area contributed by atoms with Crippen LogP contribution < -0.4 is 10.6 Å². The number of pyridine rings is 1. The standard InChI is InChI=1S/C29H41N5O3/c1-28(2,3)37-27(36)31-22-6-8-33(16-22)17-23-12-25-24(5-4-7-34(25)32-23)26(35)30-18-29-13-19-9-20(14-29)11-21(10-19)15-29/h4-5,7,12,19-22H,6,8-11,13-18H2,1-3H3,(H,30,35)(H,31,36)/t19?,20?,21?,22-,29?/m1/s1. The van der Waals surface area contributed by atoms with Gasteiger partial charge in [0.05, 0.1) is 16.8 Å². The van der Waals surface area contributed by atoms with Crippen molar-refractivity contribution in [2.24, 2.45) is 23.2 Å². The second-order valence-electron chi connectivity index (χ2n) is 13.4. The molecule has 3 heterocycles. The van der Waals surface area contributed by atoms with Crippen LogP contribution in [0.4, 0.5) is 4.79 Å². The molecular formula is C29H41N5O3. The van der Waals surface area contributed by atoms with Gasteiger partial charge in [-0.05, 0) is 107 Å². The van der Waals surface area contributed by atoms with Gasteiger partial charge in [-0.15, -0.1) is 0 Å². The number of hydrogen-bond acceptors (Lipinski definition) is 5. The van der Waals surface area contributed by atoms with Crippen molar-refractivity contribution >= 4 is 17.5 Å². The Morgan fingerprint density at radius 3 is 2.51 bits per heavy atom. The highest BCUT2D eigenvalue weighted by Gasteiger charge is 2.50. The number of ether oxygens (including phenoxy) is 1. The molecular weight excluding hydrogens is 466 g/mol. The number of carbonyl (C=O) groups excluding carboxylic acids is 2. The Balaban J connectivity index is 1.07. The number of fused-ring (bicyclic) bond motifs is 1. The molecule has 4 saturated carbocycles. The van der Waals surface area contributed by atoms with Gasteiger partial charge in [-0.3, -0.25) is 9.69 Å². The van der Waals surface area contributed by atoms with Crippen molar-refractivity contribution in [2.45, 2.75) is 83.9 Å². The lowest BCUT2D eigenvalue weighted by molar-refractivity contribution is -0.0503. The number of rotatable bonds is 6. The van der Waals surface area contributed by atoms with Gasteiger partial charge >= 0.3 is 6.09 Å². The van der Waals surface area contributed by atoms with Gasteiger partial charge in [0.25, 0.3) is 5.91 Å². The fraction of sp³-hybridized carbons (Fsp3) is 0.690. The molecule has 1 atom stereocenters. The molecule has 2 amide bonds. The van der Waals surface area contributed by atoms with Crippen LogP contribution in [-0.2, 0) is 11.3 Å². The Bertz CT molecular complexity index is 1150. The van der Waals surface area contributed by atoms with Crippen LogP contribution in [0.1, 0.15) is 81.8 Å². The molecule has 1 saturated heterocycles. The monoisotopic (exact) mass is 507 g/mol. The zero-order valence-electron chi connectivity index (χ0n) is 22.5. The lowest BCUT2D eigenvalue weighted by Gasteiger charge is -2.56. The highest BCUT2D eigenvalue weighted by atomic mass is 16.6. The van der Waals surface area contributed by atoms with Gasteiger partial charge in [0.2, 0.25) is 0 Å². The summed E-state index contributed by atoms with van der Waals surface area (Å²) in [4.78, 5) is 27.7. The average Bonchev–Trinajstić information content (AvgIpc) is 3.41. The SMILES string of the molecule is CC(C)(C)OC(=O)N[C@@H]1CCN(Cc2cc3c(C(=O)NCC45CC6CC(CC(C6)C4)C5)cccn3n2)C1. The molecule has 0 spiro atoms. The van der Waals surface area contributed by atoms with Crippen molar-refractivity contribution in [2.75, 3.05) is 19.6 Å². The second kappa shape index (κ2) is 9.29. The van der Waals surface area contributed by atoms with E-state index in [1.165, 1.54) is 38.5 Å². The number of alkyl carbamates (subject to hydrolysis) is 1. The minimum absolute atomic E-state index is 0.00981. The molecule has 1 aliphatic heterocycles. The highest BCUT2D eigenvalue weighted by Crippen LogP contribution is 2.59. The van der Waals surface area contributed by atoms with Gasteiger partial charge in [-0.1, -0.05) is 0 Å². The number of carbonyl (C=O) groups is 2. The highest BCUT2D eigenvalue weighted by molar-refractivity contribution is 6.00. The van der Waals surface area contributed by atoms with E-state index in [-0.39, 0.29) is 18.0 Å². The maximum absolute atomic E-state index is 13.3. The fourth-order valence-corrected chi connectivity index (χ4v) is 8.00. The molecule has 8 nitrogen and oxygen atoms in total. The quantitative estimate of drug-likeness (QED) is 0.606. The Morgan fingerprint density at radius 1 is 1.14 bits per heavy atom. The van der Waals surface area contributed by atoms with E-state index in [1.54, 1.807) is 0 Å². The van der Waals surface area contributed by atoms with Crippen molar-refractivity contribution in [3.63, 3.8) is 0 Å². The van der Waals surface area contributed by atoms with Crippen LogP contribution in [0.15, 0.2) is 24.4 Å². The first-order chi connectivity index (χ1) is 17.6. The predicted molar refractivity (Wildman–Crippen MR) is 141 cm³/mol. The molecule has 4 aliphatic carbocycles. The molecule has 7 rings (SSSR count). The number of amides is 2. The van der Waals surface area contributed by atoms with Crippen molar-refractivity contribution in [1.29, 1.82) is 0 Å². The molecule has 37 heavy (non-hydrogen) atoms. The molecule has 0 aromatic carbocycles. The largest absolute Gasteiger partial charge is 0.444 e. The van der Waals surface area contributed by atoms with Gasteiger partial charge in [-0.25, -0.2) is 9.31 Å². The lowest BCUT2D eigenvalue weighted by Crippen LogP contribution is -2.51. The Morgan fingerprint density at radius 2 is 1.84 bits per heavy atom. The Labute approximate surface area is 219 Å². The minimum atomic E-state index is -0.502. The lowest BCUT2D eigenvalue weighted by atomic mass is 9.49. The topological polar surface area (TPSA) is 88.0 Å². The first kappa shape index (κ1) is 24.7. The summed E-state index contributed by atoms with van der Waals surface area (Å²) in [6.45, 7) is 8.73. The molecule has 2 N–H and O–H groups in total. The minimum Gasteiger partial charge on any atom is -0.444 e. The van der Waals surface area contributed by atoms with E-state index in [1.807, 2.05) is 49.7 Å². The number of nitrogens with one attached hydrogen (secondary N) is 2. The maximum Gasteiger partial charge on any atom is 0.407 e. The van der Waals surface area contributed by atoms with Crippen LogP contribution in [0.2, 0.25) is 0 Å². The number of hydrogen-bond donors (Lipinski definition) is 2. The van der Waals surface area contributed by atoms with Crippen LogP contribution >= 0.6 is 0 Å². The smallest absolute Gasteiger partial charge is 0.407 e. The predicted octanol–water partition coefficient (Wildman–Crippen LogP) is 4.38. The fourth-order valence-electron chi connectivity index (χ4n) is 8.00. The molecule has 0 unspecified atom stereocenters. The molecule has 5 aliphatic rings. The third-order valence-electron chi connectivity index (χ3n) is 8.96. The summed E-state index contributed by atoms with van der Waals surface area (Å²) >= 11 is 0. The van der Waals surface area contributed by atoms with Crippen LogP contribution in [0, 0.1) is 23.2 Å². The Hall–Kier alpha value is -2.61. The van der Waals surface area contributed by atoms with E-state index in [0.717, 1.165) is 55.0 Å². The van der Waals surface area contributed by atoms with Gasteiger partial charge in [-0.2, -0.15) is 5.10 Å². The van der Waals surface area contributed by atoms with Crippen LogP contribution in [0.3, 0.4) is 0 Å². The first-order valence-electron chi connectivity index (χ1n) is 14.1. The average molecular weight is 508 g/mol. The third-order valence-corrected chi connectivity index (χ3v) is 8.96. The van der Waals surface area contributed by atoms with E-state index in [9.17, 15) is 9.59 Å². The summed E-state index contributed by atoms with van der Waals surface area (Å²) in [6, 6.07) is 5.92. The number of likely N-dealkylation sites (tertiary alicyclic amines) is 1. The van der Waals surface area contributed by atoms with E-state index < -0.39 is 5.60 Å². The van der Waals surface area contributed by atoms with Crippen LogP contribution in [0.5, 0.6) is 0 Å². The van der Waals surface area contributed by atoms with Crippen molar-refractivity contribution < 1.29 is 14.3 Å². The zero-order valence-corrected chi connectivity index (χ0v) is 22.5. The summed E-state index contributed by atoms with van der Waals surface area (Å²) in [5, 5.41) is 11.1. The van der Waals surface area contributed by atoms with E-state index in [4.69, 9.17) is 9.84 Å². The molecule has 2 aromatic heterocycles. The number of nitrogens with zero attached hydrogens (tertiary/aromatic N) is 3. The first-order valence-corrected chi connectivity index (χ1v) is 14.1. The maximum atomic E-state index is 13.3. The van der Waals surface area contributed by atoms with E-state index >= 15 is 0 Å². The molecule has 2 aromatic rings. The number of aromatic nitrogens is 2. The van der Waals surface area contributed by atoms with Crippen LogP contribution in [-0.4, -0.2) is 57.8 Å². The van der Waals surface area contributed by atoms with Gasteiger partial charge < -0.3 is 15.4 Å². The molecule has 5 fully saturated rings. The van der Waals surface area contributed by atoms with E-state index in [0.29, 0.717) is 17.5 Å². The van der Waals surface area contributed by atoms with E-state index in [2.05, 4.69) is 15.5 Å². The molecule has 0 radical (unpaired) electrons. The van der Waals surface area contributed by atoms with Crippen molar-refractivity contribution in [3.05, 3.63) is 35.7 Å². The van der Waals surface area contributed by atoms with Crippen LogP contribution in [0.25, 0.3) is 5.52 Å². The summed E-state index contributed by atoms with van der Waals surface area (Å²) < 4.78 is 7.22. The Kier molecular flexibility index (Phi) is 6.21. The normalized spacial score (nSPS) is 31.1. The molecule has 8 heteroatoms. The molecule has 200 valence electrons. The third kappa shape index (κ3) is 5.35. The molecule has 4 bridgehead atoms. The summed E-state index contributed by atoms with van der Waals surface area (Å²) in [6.07, 6.45) is 10.5. The van der Waals surface area contributed by atoms with Gasteiger partial charge in [0.1, 0.15) is 5.60 Å². The van der Waals surface area contributed by atoms with Crippen molar-refractivity contribution in [1.82, 2.24) is 25.1 Å². The van der Waals surface area contributed by atoms with Gasteiger partial charge in [0.15, 0.2) is 0 Å². The summed E-state index contributed by atoms with van der Waals surface area (Å²) in [5.41, 5.74) is 2.29. The zero-order chi connectivity index (χ0) is 25.8. The summed E-state index contributed by atoms with van der Waals surface area (Å²) in [5.74, 6) is 2.66. The summed E-state index contributed by atoms with van der Waals surface area (Å²) in [7, 11) is 0. The second-order valence-corrected chi connectivity index (χ2v) is 13.4. The van der Waals surface area contributed by atoms with Crippen molar-refractivity contribution in [3.8, 4) is 0 Å². The van der Waals surface area contributed by atoms with Gasteiger partial charge in [0, 0.05) is 38.4 Å².